The van der Waals surface area contributed by atoms with Gasteiger partial charge in [-0.3, -0.25) is 4.90 Å². The highest BCUT2D eigenvalue weighted by Crippen LogP contribution is 2.22. The van der Waals surface area contributed by atoms with E-state index in [0.29, 0.717) is 12.1 Å². The van der Waals surface area contributed by atoms with Gasteiger partial charge in [-0.05, 0) is 51.1 Å². The zero-order chi connectivity index (χ0) is 13.8. The Morgan fingerprint density at radius 2 is 2.00 bits per heavy atom. The van der Waals surface area contributed by atoms with E-state index in [1.807, 2.05) is 12.1 Å². The number of nitrogens with zero attached hydrogens (tertiary/aromatic N) is 2. The molecule has 0 amide bonds. The summed E-state index contributed by atoms with van der Waals surface area (Å²) in [5.74, 6) is -0.198. The quantitative estimate of drug-likeness (QED) is 0.907. The van der Waals surface area contributed by atoms with Crippen molar-refractivity contribution in [2.24, 2.45) is 0 Å². The van der Waals surface area contributed by atoms with Crippen molar-refractivity contribution in [2.75, 3.05) is 31.6 Å². The van der Waals surface area contributed by atoms with E-state index in [-0.39, 0.29) is 12.4 Å². The van der Waals surface area contributed by atoms with Gasteiger partial charge in [0, 0.05) is 37.5 Å². The predicted molar refractivity (Wildman–Crippen MR) is 75.9 cm³/mol. The average Bonchev–Trinajstić information content (AvgIpc) is 2.54. The van der Waals surface area contributed by atoms with Crippen LogP contribution in [0.2, 0.25) is 0 Å². The van der Waals surface area contributed by atoms with E-state index >= 15 is 0 Å². The summed E-state index contributed by atoms with van der Waals surface area (Å²) in [6.45, 7) is 4.28. The van der Waals surface area contributed by atoms with Gasteiger partial charge in [0.05, 0.1) is 0 Å². The molecule has 1 aliphatic heterocycles. The van der Waals surface area contributed by atoms with Crippen molar-refractivity contribution in [2.45, 2.75) is 31.8 Å². The molecule has 1 N–H and O–H groups in total. The van der Waals surface area contributed by atoms with Crippen molar-refractivity contribution in [1.29, 1.82) is 0 Å². The van der Waals surface area contributed by atoms with Crippen molar-refractivity contribution < 1.29 is 9.50 Å². The lowest BCUT2D eigenvalue weighted by atomic mass is 10.1. The van der Waals surface area contributed by atoms with Crippen LogP contribution >= 0.6 is 0 Å². The molecule has 1 aromatic rings. The number of hydrogen-bond acceptors (Lipinski definition) is 3. The Bertz CT molecular complexity index is 396. The zero-order valence-electron chi connectivity index (χ0n) is 11.7. The molecule has 0 saturated carbocycles. The first-order valence-electron chi connectivity index (χ1n) is 6.95. The van der Waals surface area contributed by atoms with Crippen LogP contribution in [0.25, 0.3) is 0 Å². The molecule has 1 saturated heterocycles. The van der Waals surface area contributed by atoms with Crippen molar-refractivity contribution in [3.63, 3.8) is 0 Å². The van der Waals surface area contributed by atoms with Gasteiger partial charge in [-0.25, -0.2) is 4.39 Å². The van der Waals surface area contributed by atoms with Crippen molar-refractivity contribution in [1.82, 2.24) is 4.90 Å². The minimum absolute atomic E-state index is 0.198. The highest BCUT2D eigenvalue weighted by Gasteiger charge is 2.26. The second kappa shape index (κ2) is 6.35. The van der Waals surface area contributed by atoms with Crippen LogP contribution in [0.5, 0.6) is 0 Å². The van der Waals surface area contributed by atoms with Crippen molar-refractivity contribution in [3.8, 4) is 0 Å². The summed E-state index contributed by atoms with van der Waals surface area (Å²) in [6.07, 6.45) is 1.86. The molecule has 0 radical (unpaired) electrons. The molecule has 106 valence electrons. The molecule has 2 unspecified atom stereocenters. The fraction of sp³-hybridized carbons (Fsp3) is 0.600. The third-order valence-corrected chi connectivity index (χ3v) is 4.17. The van der Waals surface area contributed by atoms with Gasteiger partial charge in [0.2, 0.25) is 0 Å². The van der Waals surface area contributed by atoms with Crippen LogP contribution < -0.4 is 4.90 Å². The summed E-state index contributed by atoms with van der Waals surface area (Å²) in [5.41, 5.74) is 1.06. The van der Waals surface area contributed by atoms with Crippen LogP contribution in [0.1, 0.15) is 19.8 Å². The van der Waals surface area contributed by atoms with Gasteiger partial charge in [0.25, 0.3) is 0 Å². The first-order chi connectivity index (χ1) is 9.11. The Kier molecular flexibility index (Phi) is 4.77. The molecular formula is C15H23FN2O. The number of rotatable bonds is 3. The summed E-state index contributed by atoms with van der Waals surface area (Å²) < 4.78 is 13.0. The highest BCUT2D eigenvalue weighted by atomic mass is 19.1. The van der Waals surface area contributed by atoms with Gasteiger partial charge in [0.15, 0.2) is 0 Å². The highest BCUT2D eigenvalue weighted by molar-refractivity contribution is 5.46. The van der Waals surface area contributed by atoms with E-state index in [1.54, 1.807) is 0 Å². The maximum absolute atomic E-state index is 13.0. The molecule has 1 heterocycles. The number of anilines is 1. The van der Waals surface area contributed by atoms with E-state index in [9.17, 15) is 9.50 Å². The SMILES string of the molecule is CC1CCN(c2ccc(F)cc2)CC(CCO)N1C. The molecule has 0 aliphatic carbocycles. The number of benzene rings is 1. The number of aliphatic hydroxyl groups is 1. The van der Waals surface area contributed by atoms with E-state index < -0.39 is 0 Å². The smallest absolute Gasteiger partial charge is 0.123 e. The van der Waals surface area contributed by atoms with Crippen LogP contribution in [-0.2, 0) is 0 Å². The number of aliphatic hydroxyl groups excluding tert-OH is 1. The van der Waals surface area contributed by atoms with Crippen LogP contribution in [0.15, 0.2) is 24.3 Å². The van der Waals surface area contributed by atoms with Crippen LogP contribution in [-0.4, -0.2) is 48.8 Å². The molecule has 2 rings (SSSR count). The summed E-state index contributed by atoms with van der Waals surface area (Å²) in [6, 6.07) is 7.53. The first-order valence-corrected chi connectivity index (χ1v) is 6.95. The minimum atomic E-state index is -0.198. The largest absolute Gasteiger partial charge is 0.396 e. The normalized spacial score (nSPS) is 25.4. The van der Waals surface area contributed by atoms with E-state index in [0.717, 1.165) is 31.6 Å². The van der Waals surface area contributed by atoms with Crippen LogP contribution in [0.3, 0.4) is 0 Å². The molecule has 0 spiro atoms. The van der Waals surface area contributed by atoms with Gasteiger partial charge in [-0.15, -0.1) is 0 Å². The fourth-order valence-electron chi connectivity index (χ4n) is 2.71. The minimum Gasteiger partial charge on any atom is -0.396 e. The molecule has 0 aromatic heterocycles. The Morgan fingerprint density at radius 3 is 2.63 bits per heavy atom. The Labute approximate surface area is 114 Å². The Morgan fingerprint density at radius 1 is 1.32 bits per heavy atom. The average molecular weight is 266 g/mol. The summed E-state index contributed by atoms with van der Waals surface area (Å²) in [4.78, 5) is 4.64. The predicted octanol–water partition coefficient (Wildman–Crippen LogP) is 2.11. The number of likely N-dealkylation sites (N-methyl/N-ethyl adjacent to an activating group) is 1. The third-order valence-electron chi connectivity index (χ3n) is 4.17. The molecule has 1 fully saturated rings. The number of halogens is 1. The van der Waals surface area contributed by atoms with Gasteiger partial charge in [-0.1, -0.05) is 0 Å². The lowest BCUT2D eigenvalue weighted by Gasteiger charge is -2.31. The topological polar surface area (TPSA) is 26.7 Å². The van der Waals surface area contributed by atoms with Gasteiger partial charge in [0.1, 0.15) is 5.82 Å². The van der Waals surface area contributed by atoms with Gasteiger partial charge in [-0.2, -0.15) is 0 Å². The zero-order valence-corrected chi connectivity index (χ0v) is 11.7. The summed E-state index contributed by atoms with van der Waals surface area (Å²) >= 11 is 0. The summed E-state index contributed by atoms with van der Waals surface area (Å²) in [5, 5.41) is 9.21. The van der Waals surface area contributed by atoms with E-state index in [1.165, 1.54) is 12.1 Å². The Balaban J connectivity index is 2.14. The summed E-state index contributed by atoms with van der Waals surface area (Å²) in [7, 11) is 2.12. The molecule has 3 nitrogen and oxygen atoms in total. The standard InChI is InChI=1S/C15H23FN2O/c1-12-7-9-18(11-15(8-10-19)17(12)2)14-5-3-13(16)4-6-14/h3-6,12,15,19H,7-11H2,1-2H3. The molecule has 2 atom stereocenters. The molecule has 0 bridgehead atoms. The Hall–Kier alpha value is -1.13. The third kappa shape index (κ3) is 3.45. The lowest BCUT2D eigenvalue weighted by molar-refractivity contribution is 0.159. The second-order valence-corrected chi connectivity index (χ2v) is 5.39. The lowest BCUT2D eigenvalue weighted by Crippen LogP contribution is -2.42. The first kappa shape index (κ1) is 14.3. The maximum Gasteiger partial charge on any atom is 0.123 e. The van der Waals surface area contributed by atoms with Crippen LogP contribution in [0, 0.1) is 5.82 Å². The van der Waals surface area contributed by atoms with E-state index in [2.05, 4.69) is 23.8 Å². The molecule has 1 aromatic carbocycles. The molecule has 19 heavy (non-hydrogen) atoms. The van der Waals surface area contributed by atoms with Gasteiger partial charge >= 0.3 is 0 Å². The molecular weight excluding hydrogens is 243 g/mol. The van der Waals surface area contributed by atoms with Crippen molar-refractivity contribution >= 4 is 5.69 Å². The molecule has 4 heteroatoms. The number of hydrogen-bond donors (Lipinski definition) is 1. The van der Waals surface area contributed by atoms with Gasteiger partial charge < -0.3 is 10.0 Å². The van der Waals surface area contributed by atoms with E-state index in [4.69, 9.17) is 0 Å². The fourth-order valence-corrected chi connectivity index (χ4v) is 2.71. The monoisotopic (exact) mass is 266 g/mol. The second-order valence-electron chi connectivity index (χ2n) is 5.39. The maximum atomic E-state index is 13.0. The van der Waals surface area contributed by atoms with Crippen molar-refractivity contribution in [3.05, 3.63) is 30.1 Å². The van der Waals surface area contributed by atoms with Crippen LogP contribution in [0.4, 0.5) is 10.1 Å². The molecule has 1 aliphatic rings.